The fourth-order valence-electron chi connectivity index (χ4n) is 2.17. The number of amides is 1. The van der Waals surface area contributed by atoms with Gasteiger partial charge in [-0.3, -0.25) is 4.79 Å². The van der Waals surface area contributed by atoms with Gasteiger partial charge < -0.3 is 0 Å². The lowest BCUT2D eigenvalue weighted by molar-refractivity contribution is -0.114. The molecule has 0 unspecified atom stereocenters. The molecule has 0 saturated heterocycles. The van der Waals surface area contributed by atoms with Crippen LogP contribution >= 0.6 is 27.5 Å². The normalized spacial score (nSPS) is 16.3. The van der Waals surface area contributed by atoms with Gasteiger partial charge in [0.25, 0.3) is 5.91 Å². The Morgan fingerprint density at radius 2 is 1.73 bits per heavy atom. The smallest absolute Gasteiger partial charge is 0.267 e. The summed E-state index contributed by atoms with van der Waals surface area (Å²) in [6.45, 7) is 1.83. The first kappa shape index (κ1) is 15.0. The van der Waals surface area contributed by atoms with Crippen LogP contribution in [0.25, 0.3) is 6.08 Å². The van der Waals surface area contributed by atoms with Crippen LogP contribution in [0.3, 0.4) is 0 Å². The molecule has 0 bridgehead atoms. The van der Waals surface area contributed by atoms with Crippen LogP contribution in [0, 0.1) is 0 Å². The summed E-state index contributed by atoms with van der Waals surface area (Å²) in [5.41, 5.74) is 2.95. The Bertz CT molecular complexity index is 779. The second-order valence-electron chi connectivity index (χ2n) is 4.89. The van der Waals surface area contributed by atoms with Crippen LogP contribution in [0.15, 0.2) is 63.7 Å². The Kier molecular flexibility index (Phi) is 4.14. The van der Waals surface area contributed by atoms with E-state index < -0.39 is 0 Å². The average molecular weight is 376 g/mol. The Labute approximate surface area is 142 Å². The number of rotatable bonds is 2. The molecule has 1 aliphatic heterocycles. The third-order valence-corrected chi connectivity index (χ3v) is 4.10. The SMILES string of the molecule is CC1=NN(c2ccc(Cl)cc2)C(=O)C1=Cc1ccc(Br)cc1. The highest BCUT2D eigenvalue weighted by molar-refractivity contribution is 9.10. The monoisotopic (exact) mass is 374 g/mol. The molecule has 0 atom stereocenters. The average Bonchev–Trinajstić information content (AvgIpc) is 2.78. The molecule has 110 valence electrons. The van der Waals surface area contributed by atoms with Gasteiger partial charge in [0.05, 0.1) is 17.0 Å². The van der Waals surface area contributed by atoms with Crippen molar-refractivity contribution in [2.75, 3.05) is 5.01 Å². The zero-order chi connectivity index (χ0) is 15.7. The van der Waals surface area contributed by atoms with Crippen molar-refractivity contribution < 1.29 is 4.79 Å². The highest BCUT2D eigenvalue weighted by Gasteiger charge is 2.28. The van der Waals surface area contributed by atoms with Crippen LogP contribution in [0.5, 0.6) is 0 Å². The maximum Gasteiger partial charge on any atom is 0.280 e. The molecule has 22 heavy (non-hydrogen) atoms. The topological polar surface area (TPSA) is 32.7 Å². The van der Waals surface area contributed by atoms with Crippen LogP contribution in [0.1, 0.15) is 12.5 Å². The molecule has 0 aliphatic carbocycles. The van der Waals surface area contributed by atoms with Gasteiger partial charge in [-0.2, -0.15) is 10.1 Å². The maximum absolute atomic E-state index is 12.6. The lowest BCUT2D eigenvalue weighted by Gasteiger charge is -2.11. The van der Waals surface area contributed by atoms with E-state index in [1.807, 2.05) is 37.3 Å². The first-order valence-electron chi connectivity index (χ1n) is 6.67. The number of halogens is 2. The zero-order valence-electron chi connectivity index (χ0n) is 11.8. The number of hydrazone groups is 1. The van der Waals surface area contributed by atoms with Gasteiger partial charge in [-0.05, 0) is 55.0 Å². The summed E-state index contributed by atoms with van der Waals surface area (Å²) in [4.78, 5) is 12.6. The van der Waals surface area contributed by atoms with Crippen molar-refractivity contribution >= 4 is 50.9 Å². The van der Waals surface area contributed by atoms with Gasteiger partial charge in [0.2, 0.25) is 0 Å². The van der Waals surface area contributed by atoms with E-state index >= 15 is 0 Å². The molecule has 3 rings (SSSR count). The van der Waals surface area contributed by atoms with Gasteiger partial charge in [0, 0.05) is 9.50 Å². The highest BCUT2D eigenvalue weighted by atomic mass is 79.9. The summed E-state index contributed by atoms with van der Waals surface area (Å²) < 4.78 is 1.00. The van der Waals surface area contributed by atoms with E-state index in [0.29, 0.717) is 22.0 Å². The fourth-order valence-corrected chi connectivity index (χ4v) is 2.56. The van der Waals surface area contributed by atoms with E-state index in [0.717, 1.165) is 10.0 Å². The van der Waals surface area contributed by atoms with Crippen LogP contribution < -0.4 is 5.01 Å². The number of hydrogen-bond acceptors (Lipinski definition) is 2. The van der Waals surface area contributed by atoms with Crippen molar-refractivity contribution in [2.45, 2.75) is 6.92 Å². The van der Waals surface area contributed by atoms with Crippen molar-refractivity contribution in [3.63, 3.8) is 0 Å². The predicted octanol–water partition coefficient (Wildman–Crippen LogP) is 4.91. The molecule has 3 nitrogen and oxygen atoms in total. The van der Waals surface area contributed by atoms with E-state index in [-0.39, 0.29) is 5.91 Å². The number of carbonyl (C=O) groups is 1. The number of carbonyl (C=O) groups excluding carboxylic acids is 1. The lowest BCUT2D eigenvalue weighted by Crippen LogP contribution is -2.21. The van der Waals surface area contributed by atoms with E-state index in [1.54, 1.807) is 24.3 Å². The zero-order valence-corrected chi connectivity index (χ0v) is 14.1. The van der Waals surface area contributed by atoms with Crippen LogP contribution in [0.2, 0.25) is 5.02 Å². The molecule has 0 spiro atoms. The second kappa shape index (κ2) is 6.07. The van der Waals surface area contributed by atoms with Gasteiger partial charge >= 0.3 is 0 Å². The summed E-state index contributed by atoms with van der Waals surface area (Å²) in [7, 11) is 0. The molecule has 2 aromatic carbocycles. The predicted molar refractivity (Wildman–Crippen MR) is 94.2 cm³/mol. The Balaban J connectivity index is 1.92. The summed E-state index contributed by atoms with van der Waals surface area (Å²) in [5, 5.41) is 6.37. The minimum absolute atomic E-state index is 0.136. The van der Waals surface area contributed by atoms with Crippen LogP contribution in [-0.2, 0) is 4.79 Å². The van der Waals surface area contributed by atoms with Gasteiger partial charge in [-0.15, -0.1) is 0 Å². The molecule has 1 heterocycles. The number of hydrogen-bond donors (Lipinski definition) is 0. The second-order valence-corrected chi connectivity index (χ2v) is 6.24. The van der Waals surface area contributed by atoms with E-state index in [1.165, 1.54) is 5.01 Å². The summed E-state index contributed by atoms with van der Waals surface area (Å²) in [6.07, 6.45) is 1.85. The first-order chi connectivity index (χ1) is 10.5. The van der Waals surface area contributed by atoms with Gasteiger partial charge in [0.1, 0.15) is 0 Å². The quantitative estimate of drug-likeness (QED) is 0.687. The molecule has 5 heteroatoms. The molecule has 0 N–H and O–H groups in total. The maximum atomic E-state index is 12.6. The minimum Gasteiger partial charge on any atom is -0.267 e. The molecule has 0 saturated carbocycles. The van der Waals surface area contributed by atoms with Crippen molar-refractivity contribution in [2.24, 2.45) is 5.10 Å². The Hall–Kier alpha value is -1.91. The van der Waals surface area contributed by atoms with Crippen LogP contribution in [0.4, 0.5) is 5.69 Å². The molecule has 1 aliphatic rings. The van der Waals surface area contributed by atoms with Crippen molar-refractivity contribution in [1.29, 1.82) is 0 Å². The molecule has 0 aromatic heterocycles. The van der Waals surface area contributed by atoms with E-state index in [4.69, 9.17) is 11.6 Å². The van der Waals surface area contributed by atoms with Crippen molar-refractivity contribution in [1.82, 2.24) is 0 Å². The van der Waals surface area contributed by atoms with Gasteiger partial charge in [-0.25, -0.2) is 0 Å². The Morgan fingerprint density at radius 3 is 2.36 bits per heavy atom. The fraction of sp³-hybridized carbons (Fsp3) is 0.0588. The standard InChI is InChI=1S/C17H12BrClN2O/c1-11-16(10-12-2-4-13(18)5-3-12)17(22)21(20-11)15-8-6-14(19)7-9-15/h2-10H,1H3. The first-order valence-corrected chi connectivity index (χ1v) is 7.84. The third kappa shape index (κ3) is 2.98. The molecular weight excluding hydrogens is 364 g/mol. The van der Waals surface area contributed by atoms with Gasteiger partial charge in [-0.1, -0.05) is 39.7 Å². The van der Waals surface area contributed by atoms with Crippen molar-refractivity contribution in [3.8, 4) is 0 Å². The molecule has 2 aromatic rings. The van der Waals surface area contributed by atoms with Crippen LogP contribution in [-0.4, -0.2) is 11.6 Å². The summed E-state index contributed by atoms with van der Waals surface area (Å²) in [6, 6.07) is 14.8. The summed E-state index contributed by atoms with van der Waals surface area (Å²) in [5.74, 6) is -0.136. The Morgan fingerprint density at radius 1 is 1.09 bits per heavy atom. The largest absolute Gasteiger partial charge is 0.280 e. The minimum atomic E-state index is -0.136. The van der Waals surface area contributed by atoms with Crippen molar-refractivity contribution in [3.05, 3.63) is 69.2 Å². The van der Waals surface area contributed by atoms with Gasteiger partial charge in [0.15, 0.2) is 0 Å². The lowest BCUT2D eigenvalue weighted by atomic mass is 10.1. The van der Waals surface area contributed by atoms with E-state index in [9.17, 15) is 4.79 Å². The number of nitrogens with zero attached hydrogens (tertiary/aromatic N) is 2. The number of anilines is 1. The molecular formula is C17H12BrClN2O. The molecule has 0 radical (unpaired) electrons. The highest BCUT2D eigenvalue weighted by Crippen LogP contribution is 2.26. The summed E-state index contributed by atoms with van der Waals surface area (Å²) >= 11 is 9.28. The third-order valence-electron chi connectivity index (χ3n) is 3.31. The molecule has 0 fully saturated rings. The molecule has 1 amide bonds. The van der Waals surface area contributed by atoms with E-state index in [2.05, 4.69) is 21.0 Å². The number of benzene rings is 2.